The third-order valence-electron chi connectivity index (χ3n) is 0.719. The Balaban J connectivity index is 3.68. The van der Waals surface area contributed by atoms with E-state index in [4.69, 9.17) is 9.78 Å². The predicted octanol–water partition coefficient (Wildman–Crippen LogP) is 1.90. The maximum Gasteiger partial charge on any atom is 0.834 e. The molecule has 0 fully saturated rings. The monoisotopic (exact) mass is 222 g/mol. The molecule has 0 spiro atoms. The lowest BCUT2D eigenvalue weighted by Crippen LogP contribution is -2.27. The lowest BCUT2D eigenvalue weighted by atomic mass is 10.2. The molecule has 0 unspecified atom stereocenters. The third kappa shape index (κ3) is 9.62. The maximum absolute atomic E-state index is 11.0. The van der Waals surface area contributed by atoms with Gasteiger partial charge in [-0.05, 0) is 41.5 Å². The minimum absolute atomic E-state index is 0.522. The van der Waals surface area contributed by atoms with Crippen molar-refractivity contribution < 1.29 is 23.4 Å². The van der Waals surface area contributed by atoms with Crippen LogP contribution >= 0.6 is 0 Å². The van der Waals surface area contributed by atoms with E-state index in [-0.39, 0.29) is 0 Å². The molecule has 6 heteroatoms. The molecule has 0 radical (unpaired) electrons. The molecule has 0 heterocycles. The zero-order valence-electron chi connectivity index (χ0n) is 9.54. The molecule has 0 rings (SSSR count). The molecule has 0 saturated heterocycles. The van der Waals surface area contributed by atoms with Gasteiger partial charge < -0.3 is 9.15 Å². The van der Waals surface area contributed by atoms with E-state index in [2.05, 4.69) is 9.15 Å². The Kier molecular flexibility index (Phi) is 4.70. The molecule has 0 saturated carbocycles. The summed E-state index contributed by atoms with van der Waals surface area (Å²) in [5.41, 5.74) is -1.04. The van der Waals surface area contributed by atoms with E-state index >= 15 is 0 Å². The van der Waals surface area contributed by atoms with E-state index in [1.165, 1.54) is 0 Å². The molecule has 5 nitrogen and oxygen atoms in total. The smallest absolute Gasteiger partial charge is 0.326 e. The van der Waals surface area contributed by atoms with Crippen molar-refractivity contribution in [1.82, 2.24) is 0 Å². The van der Waals surface area contributed by atoms with Gasteiger partial charge in [-0.15, -0.1) is 0 Å². The lowest BCUT2D eigenvalue weighted by Gasteiger charge is -2.18. The highest BCUT2D eigenvalue weighted by Gasteiger charge is 2.23. The molecule has 0 aromatic rings. The first-order valence-electron chi connectivity index (χ1n) is 4.35. The summed E-state index contributed by atoms with van der Waals surface area (Å²) in [7, 11) is -2.75. The van der Waals surface area contributed by atoms with Gasteiger partial charge in [0.1, 0.15) is 11.2 Å². The molecule has 0 atom stereocenters. The minimum atomic E-state index is -2.75. The SMILES string of the molecule is CC(C)(C)OO[Si](=O)OOC(C)(C)C. The van der Waals surface area contributed by atoms with Crippen LogP contribution in [0.1, 0.15) is 41.5 Å². The van der Waals surface area contributed by atoms with Crippen LogP contribution in [0.25, 0.3) is 0 Å². The zero-order chi connectivity index (χ0) is 11.4. The van der Waals surface area contributed by atoms with Crippen molar-refractivity contribution >= 4 is 9.17 Å². The summed E-state index contributed by atoms with van der Waals surface area (Å²) in [4.78, 5) is 9.57. The summed E-state index contributed by atoms with van der Waals surface area (Å²) in [6, 6.07) is 0. The van der Waals surface area contributed by atoms with Crippen LogP contribution in [0, 0.1) is 0 Å². The van der Waals surface area contributed by atoms with Crippen molar-refractivity contribution in [2.24, 2.45) is 0 Å². The summed E-state index contributed by atoms with van der Waals surface area (Å²) in [5, 5.41) is 0. The Morgan fingerprint density at radius 1 is 0.786 bits per heavy atom. The first kappa shape index (κ1) is 13.5. The average molecular weight is 222 g/mol. The Morgan fingerprint density at radius 2 is 1.07 bits per heavy atom. The number of hydrogen-bond acceptors (Lipinski definition) is 5. The van der Waals surface area contributed by atoms with E-state index in [1.807, 2.05) is 0 Å². The van der Waals surface area contributed by atoms with Crippen molar-refractivity contribution in [3.8, 4) is 0 Å². The summed E-state index contributed by atoms with van der Waals surface area (Å²) in [5.74, 6) is 0. The molecule has 0 aliphatic carbocycles. The van der Waals surface area contributed by atoms with Crippen molar-refractivity contribution in [3.05, 3.63) is 0 Å². The van der Waals surface area contributed by atoms with Gasteiger partial charge in [0.25, 0.3) is 0 Å². The molecule has 0 aliphatic rings. The first-order valence-corrected chi connectivity index (χ1v) is 5.58. The van der Waals surface area contributed by atoms with Gasteiger partial charge in [-0.2, -0.15) is 9.78 Å². The molecule has 0 aliphatic heterocycles. The van der Waals surface area contributed by atoms with E-state index in [0.717, 1.165) is 0 Å². The molecule has 14 heavy (non-hydrogen) atoms. The molecule has 0 amide bonds. The summed E-state index contributed by atoms with van der Waals surface area (Å²) < 4.78 is 20.0. The van der Waals surface area contributed by atoms with Crippen molar-refractivity contribution in [2.75, 3.05) is 0 Å². The minimum Gasteiger partial charge on any atom is -0.326 e. The Labute approximate surface area is 86.1 Å². The van der Waals surface area contributed by atoms with Crippen LogP contribution in [0.15, 0.2) is 0 Å². The predicted molar refractivity (Wildman–Crippen MR) is 50.3 cm³/mol. The first-order chi connectivity index (χ1) is 6.10. The lowest BCUT2D eigenvalue weighted by molar-refractivity contribution is -0.342. The maximum atomic E-state index is 11.0. The fraction of sp³-hybridized carbons (Fsp3) is 1.00. The normalized spacial score (nSPS) is 12.4. The van der Waals surface area contributed by atoms with Gasteiger partial charge in [-0.1, -0.05) is 0 Å². The topological polar surface area (TPSA) is 54.0 Å². The summed E-state index contributed by atoms with van der Waals surface area (Å²) in [6.45, 7) is 10.6. The molecule has 84 valence electrons. The van der Waals surface area contributed by atoms with Crippen LogP contribution in [0.4, 0.5) is 0 Å². The molecule has 0 bridgehead atoms. The van der Waals surface area contributed by atoms with Crippen molar-refractivity contribution in [3.63, 3.8) is 0 Å². The quantitative estimate of drug-likeness (QED) is 0.413. The molecular formula is C8H18O5Si. The highest BCUT2D eigenvalue weighted by Crippen LogP contribution is 2.09. The van der Waals surface area contributed by atoms with Crippen LogP contribution in [0.3, 0.4) is 0 Å². The van der Waals surface area contributed by atoms with Crippen LogP contribution < -0.4 is 0 Å². The van der Waals surface area contributed by atoms with Crippen LogP contribution in [0.2, 0.25) is 0 Å². The van der Waals surface area contributed by atoms with Gasteiger partial charge >= 0.3 is 9.17 Å². The Bertz CT molecular complexity index is 171. The van der Waals surface area contributed by atoms with E-state index in [0.29, 0.717) is 0 Å². The van der Waals surface area contributed by atoms with Crippen LogP contribution in [-0.2, 0) is 23.4 Å². The summed E-state index contributed by atoms with van der Waals surface area (Å²) >= 11 is 0. The van der Waals surface area contributed by atoms with E-state index in [9.17, 15) is 4.46 Å². The second-order valence-corrected chi connectivity index (χ2v) is 5.64. The molecule has 0 aromatic heterocycles. The highest BCUT2D eigenvalue weighted by molar-refractivity contribution is 6.25. The van der Waals surface area contributed by atoms with Gasteiger partial charge in [0.15, 0.2) is 0 Å². The molecular weight excluding hydrogens is 204 g/mol. The number of hydrogen-bond donors (Lipinski definition) is 0. The number of rotatable bonds is 4. The van der Waals surface area contributed by atoms with Gasteiger partial charge in [0.05, 0.1) is 0 Å². The fourth-order valence-electron chi connectivity index (χ4n) is 0.332. The van der Waals surface area contributed by atoms with Crippen LogP contribution in [0.5, 0.6) is 0 Å². The Hall–Kier alpha value is -0.463. The second kappa shape index (κ2) is 4.86. The van der Waals surface area contributed by atoms with Gasteiger partial charge in [-0.3, -0.25) is 4.46 Å². The highest BCUT2D eigenvalue weighted by atomic mass is 28.3. The average Bonchev–Trinajstić information content (AvgIpc) is 1.94. The summed E-state index contributed by atoms with van der Waals surface area (Å²) in [6.07, 6.45) is 0. The van der Waals surface area contributed by atoms with E-state index < -0.39 is 20.4 Å². The van der Waals surface area contributed by atoms with Crippen LogP contribution in [-0.4, -0.2) is 20.4 Å². The fourth-order valence-corrected chi connectivity index (χ4v) is 0.996. The standard InChI is InChI=1S/C8H18O5Si/c1-7(2,3)10-12-14(9)13-11-8(4,5)6/h1-6H3. The van der Waals surface area contributed by atoms with Crippen molar-refractivity contribution in [2.45, 2.75) is 52.7 Å². The van der Waals surface area contributed by atoms with Gasteiger partial charge in [-0.25, -0.2) is 0 Å². The zero-order valence-corrected chi connectivity index (χ0v) is 10.5. The van der Waals surface area contributed by atoms with Gasteiger partial charge in [0, 0.05) is 0 Å². The van der Waals surface area contributed by atoms with Crippen molar-refractivity contribution in [1.29, 1.82) is 0 Å². The van der Waals surface area contributed by atoms with Gasteiger partial charge in [0.2, 0.25) is 0 Å². The van der Waals surface area contributed by atoms with E-state index in [1.54, 1.807) is 41.5 Å². The Morgan fingerprint density at radius 3 is 1.29 bits per heavy atom. The largest absolute Gasteiger partial charge is 0.834 e. The molecule has 0 aromatic carbocycles. The third-order valence-corrected chi connectivity index (χ3v) is 1.16. The molecule has 0 N–H and O–H groups in total. The second-order valence-electron chi connectivity index (χ2n) is 4.81.